The van der Waals surface area contributed by atoms with E-state index >= 15 is 0 Å². The number of likely N-dealkylation sites (tertiary alicyclic amines) is 1. The molecule has 1 aromatic carbocycles. The number of esters is 1. The van der Waals surface area contributed by atoms with Gasteiger partial charge in [0.05, 0.1) is 19.3 Å². The second-order valence-corrected chi connectivity index (χ2v) is 5.93. The standard InChI is InChI=1S/C18H24N2O6/c1-3-25-15-10-13(4-5-14(15)24-2)18(23)26-11-16(21)20-8-6-12(7-9-20)17(19)22/h4-5,10,12H,3,6-9,11H2,1-2H3,(H2,19,22). The Morgan fingerprint density at radius 3 is 2.46 bits per heavy atom. The van der Waals surface area contributed by atoms with Gasteiger partial charge in [-0.1, -0.05) is 0 Å². The number of carbonyl (C=O) groups excluding carboxylic acids is 3. The first-order valence-corrected chi connectivity index (χ1v) is 8.51. The highest BCUT2D eigenvalue weighted by molar-refractivity contribution is 5.92. The molecule has 1 saturated heterocycles. The van der Waals surface area contributed by atoms with Gasteiger partial charge in [0.25, 0.3) is 5.91 Å². The molecular formula is C18H24N2O6. The number of benzene rings is 1. The fourth-order valence-electron chi connectivity index (χ4n) is 2.79. The van der Waals surface area contributed by atoms with Gasteiger partial charge in [-0.05, 0) is 38.0 Å². The Labute approximate surface area is 152 Å². The monoisotopic (exact) mass is 364 g/mol. The lowest BCUT2D eigenvalue weighted by Gasteiger charge is -2.30. The van der Waals surface area contributed by atoms with Crippen LogP contribution >= 0.6 is 0 Å². The first-order chi connectivity index (χ1) is 12.5. The van der Waals surface area contributed by atoms with Crippen molar-refractivity contribution in [3.8, 4) is 11.5 Å². The van der Waals surface area contributed by atoms with Crippen LogP contribution in [-0.2, 0) is 14.3 Å². The summed E-state index contributed by atoms with van der Waals surface area (Å²) in [4.78, 5) is 37.1. The molecule has 1 aliphatic heterocycles. The third kappa shape index (κ3) is 4.87. The van der Waals surface area contributed by atoms with Crippen LogP contribution in [0, 0.1) is 5.92 Å². The Bertz CT molecular complexity index is 668. The van der Waals surface area contributed by atoms with Crippen LogP contribution in [0.5, 0.6) is 11.5 Å². The highest BCUT2D eigenvalue weighted by Gasteiger charge is 2.26. The minimum absolute atomic E-state index is 0.196. The number of carbonyl (C=O) groups is 3. The molecule has 2 amide bonds. The summed E-state index contributed by atoms with van der Waals surface area (Å²) in [7, 11) is 1.51. The predicted octanol–water partition coefficient (Wildman–Crippen LogP) is 0.975. The second kappa shape index (κ2) is 9.07. The van der Waals surface area contributed by atoms with Crippen molar-refractivity contribution in [2.75, 3.05) is 33.4 Å². The van der Waals surface area contributed by atoms with Crippen molar-refractivity contribution in [2.24, 2.45) is 11.7 Å². The van der Waals surface area contributed by atoms with Gasteiger partial charge in [-0.25, -0.2) is 4.79 Å². The lowest BCUT2D eigenvalue weighted by Crippen LogP contribution is -2.43. The highest BCUT2D eigenvalue weighted by atomic mass is 16.5. The largest absolute Gasteiger partial charge is 0.493 e. The van der Waals surface area contributed by atoms with Gasteiger partial charge >= 0.3 is 5.97 Å². The van der Waals surface area contributed by atoms with Crippen LogP contribution in [0.15, 0.2) is 18.2 Å². The van der Waals surface area contributed by atoms with E-state index in [9.17, 15) is 14.4 Å². The van der Waals surface area contributed by atoms with Crippen molar-refractivity contribution >= 4 is 17.8 Å². The maximum Gasteiger partial charge on any atom is 0.338 e. The first-order valence-electron chi connectivity index (χ1n) is 8.51. The van der Waals surface area contributed by atoms with Crippen LogP contribution in [0.1, 0.15) is 30.1 Å². The van der Waals surface area contributed by atoms with Crippen LogP contribution < -0.4 is 15.2 Å². The van der Waals surface area contributed by atoms with E-state index in [2.05, 4.69) is 0 Å². The first kappa shape index (κ1) is 19.6. The summed E-state index contributed by atoms with van der Waals surface area (Å²) in [6.07, 6.45) is 1.07. The Morgan fingerprint density at radius 1 is 1.19 bits per heavy atom. The SMILES string of the molecule is CCOc1cc(C(=O)OCC(=O)N2CCC(C(N)=O)CC2)ccc1OC. The van der Waals surface area contributed by atoms with Crippen molar-refractivity contribution in [1.29, 1.82) is 0 Å². The number of hydrogen-bond donors (Lipinski definition) is 1. The lowest BCUT2D eigenvalue weighted by atomic mass is 9.96. The average Bonchev–Trinajstić information content (AvgIpc) is 2.66. The number of ether oxygens (including phenoxy) is 3. The van der Waals surface area contributed by atoms with Crippen LogP contribution in [0.4, 0.5) is 0 Å². The number of piperidine rings is 1. The van der Waals surface area contributed by atoms with E-state index in [1.54, 1.807) is 17.0 Å². The molecular weight excluding hydrogens is 340 g/mol. The summed E-state index contributed by atoms with van der Waals surface area (Å²) in [5.74, 6) is -0.499. The normalized spacial score (nSPS) is 14.6. The van der Waals surface area contributed by atoms with E-state index in [0.29, 0.717) is 44.0 Å². The third-order valence-electron chi connectivity index (χ3n) is 4.28. The molecule has 8 nitrogen and oxygen atoms in total. The Hall–Kier alpha value is -2.77. The van der Waals surface area contributed by atoms with Gasteiger partial charge in [-0.2, -0.15) is 0 Å². The molecule has 0 saturated carbocycles. The van der Waals surface area contributed by atoms with Gasteiger partial charge in [0.1, 0.15) is 0 Å². The number of rotatable bonds is 7. The molecule has 1 aromatic rings. The molecule has 0 unspecified atom stereocenters. The molecule has 2 N–H and O–H groups in total. The summed E-state index contributed by atoms with van der Waals surface area (Å²) in [5.41, 5.74) is 5.55. The molecule has 0 spiro atoms. The lowest BCUT2D eigenvalue weighted by molar-refractivity contribution is -0.137. The number of primary amides is 1. The number of amides is 2. The molecule has 1 fully saturated rings. The Balaban J connectivity index is 1.89. The fraction of sp³-hybridized carbons (Fsp3) is 0.500. The molecule has 142 valence electrons. The molecule has 2 rings (SSSR count). The zero-order valence-electron chi connectivity index (χ0n) is 15.0. The van der Waals surface area contributed by atoms with E-state index in [1.807, 2.05) is 6.92 Å². The summed E-state index contributed by atoms with van der Waals surface area (Å²) in [6, 6.07) is 4.68. The minimum Gasteiger partial charge on any atom is -0.493 e. The fourth-order valence-corrected chi connectivity index (χ4v) is 2.79. The predicted molar refractivity (Wildman–Crippen MR) is 92.9 cm³/mol. The zero-order chi connectivity index (χ0) is 19.1. The average molecular weight is 364 g/mol. The number of nitrogens with two attached hydrogens (primary N) is 1. The Kier molecular flexibility index (Phi) is 6.82. The van der Waals surface area contributed by atoms with E-state index < -0.39 is 5.97 Å². The van der Waals surface area contributed by atoms with Gasteiger partial charge in [-0.15, -0.1) is 0 Å². The van der Waals surface area contributed by atoms with Gasteiger partial charge < -0.3 is 24.8 Å². The van der Waals surface area contributed by atoms with Gasteiger partial charge in [0.2, 0.25) is 5.91 Å². The summed E-state index contributed by atoms with van der Waals surface area (Å²) < 4.78 is 15.7. The van der Waals surface area contributed by atoms with Crippen LogP contribution in [-0.4, -0.2) is 56.1 Å². The van der Waals surface area contributed by atoms with Gasteiger partial charge in [0.15, 0.2) is 18.1 Å². The smallest absolute Gasteiger partial charge is 0.338 e. The molecule has 1 aliphatic rings. The van der Waals surface area contributed by atoms with E-state index in [0.717, 1.165) is 0 Å². The highest BCUT2D eigenvalue weighted by Crippen LogP contribution is 2.28. The van der Waals surface area contributed by atoms with Crippen LogP contribution in [0.3, 0.4) is 0 Å². The second-order valence-electron chi connectivity index (χ2n) is 5.93. The molecule has 8 heteroatoms. The quantitative estimate of drug-likeness (QED) is 0.723. The number of nitrogens with zero attached hydrogens (tertiary/aromatic N) is 1. The number of methoxy groups -OCH3 is 1. The molecule has 0 aliphatic carbocycles. The van der Waals surface area contributed by atoms with Crippen molar-refractivity contribution in [3.63, 3.8) is 0 Å². The van der Waals surface area contributed by atoms with Crippen molar-refractivity contribution in [3.05, 3.63) is 23.8 Å². The van der Waals surface area contributed by atoms with Gasteiger partial charge in [0, 0.05) is 19.0 Å². The van der Waals surface area contributed by atoms with E-state index in [-0.39, 0.29) is 29.9 Å². The number of hydrogen-bond acceptors (Lipinski definition) is 6. The van der Waals surface area contributed by atoms with Crippen molar-refractivity contribution in [1.82, 2.24) is 4.90 Å². The molecule has 0 atom stereocenters. The maximum atomic E-state index is 12.2. The maximum absolute atomic E-state index is 12.2. The van der Waals surface area contributed by atoms with Gasteiger partial charge in [-0.3, -0.25) is 9.59 Å². The molecule has 1 heterocycles. The topological polar surface area (TPSA) is 108 Å². The molecule has 0 bridgehead atoms. The van der Waals surface area contributed by atoms with Crippen LogP contribution in [0.25, 0.3) is 0 Å². The Morgan fingerprint density at radius 2 is 1.88 bits per heavy atom. The summed E-state index contributed by atoms with van der Waals surface area (Å²) in [6.45, 7) is 2.76. The molecule has 0 aromatic heterocycles. The molecule has 0 radical (unpaired) electrons. The van der Waals surface area contributed by atoms with Crippen LogP contribution in [0.2, 0.25) is 0 Å². The van der Waals surface area contributed by atoms with E-state index in [4.69, 9.17) is 19.9 Å². The summed E-state index contributed by atoms with van der Waals surface area (Å²) >= 11 is 0. The van der Waals surface area contributed by atoms with E-state index in [1.165, 1.54) is 13.2 Å². The third-order valence-corrected chi connectivity index (χ3v) is 4.28. The molecule has 26 heavy (non-hydrogen) atoms. The van der Waals surface area contributed by atoms with Crippen molar-refractivity contribution in [2.45, 2.75) is 19.8 Å². The zero-order valence-corrected chi connectivity index (χ0v) is 15.0. The van der Waals surface area contributed by atoms with Crippen molar-refractivity contribution < 1.29 is 28.6 Å². The minimum atomic E-state index is -0.617. The summed E-state index contributed by atoms with van der Waals surface area (Å²) in [5, 5.41) is 0.